The molecule has 0 aliphatic rings. The van der Waals surface area contributed by atoms with Gasteiger partial charge < -0.3 is 28.4 Å². The topological polar surface area (TPSA) is 142 Å². The Kier molecular flexibility index (Phi) is 16.5. The van der Waals surface area contributed by atoms with Gasteiger partial charge in [-0.2, -0.15) is 0 Å². The molecule has 296 valence electrons. The third kappa shape index (κ3) is 9.86. The number of nitrogens with zero attached hydrogens (tertiary/aromatic N) is 2. The van der Waals surface area contributed by atoms with Crippen LogP contribution in [0.2, 0.25) is 0 Å². The summed E-state index contributed by atoms with van der Waals surface area (Å²) in [6.45, 7) is 14.1. The molecular weight excluding hydrogens is 692 g/mol. The van der Waals surface area contributed by atoms with E-state index in [1.54, 1.807) is 24.3 Å². The summed E-state index contributed by atoms with van der Waals surface area (Å²) in [6, 6.07) is 6.98. The lowest BCUT2D eigenvalue weighted by Crippen LogP contribution is -2.08. The van der Waals surface area contributed by atoms with E-state index in [4.69, 9.17) is 28.4 Å². The van der Waals surface area contributed by atoms with Gasteiger partial charge in [-0.05, 0) is 68.2 Å². The van der Waals surface area contributed by atoms with Gasteiger partial charge in [0.1, 0.15) is 0 Å². The average Bonchev–Trinajstić information content (AvgIpc) is 3.15. The molecule has 0 aromatic heterocycles. The van der Waals surface area contributed by atoms with Crippen LogP contribution < -0.4 is 28.4 Å². The molecule has 0 saturated carbocycles. The zero-order chi connectivity index (χ0) is 39.0. The first-order chi connectivity index (χ1) is 26.3. The molecule has 4 aromatic rings. The highest BCUT2D eigenvalue weighted by Crippen LogP contribution is 2.55. The third-order valence-corrected chi connectivity index (χ3v) is 9.23. The van der Waals surface area contributed by atoms with Crippen molar-refractivity contribution in [2.75, 3.05) is 39.6 Å². The molecule has 12 heteroatoms. The molecule has 0 N–H and O–H groups in total. The SMILES string of the molecule is CCCCOc1cc2c(cc1OCCCC)c1c([N+](=O)[O-])c(OCCCC)c(OCCCC)cc1c1c([N+](=O)[O-])c(OCCCC)c(OCCCC)cc21. The van der Waals surface area contributed by atoms with Gasteiger partial charge in [-0.25, -0.2) is 0 Å². The minimum absolute atomic E-state index is 0.00369. The number of rotatable bonds is 26. The highest BCUT2D eigenvalue weighted by atomic mass is 16.6. The van der Waals surface area contributed by atoms with Crippen molar-refractivity contribution < 1.29 is 38.3 Å². The first kappa shape index (κ1) is 42.0. The Balaban J connectivity index is 2.31. The highest BCUT2D eigenvalue weighted by Gasteiger charge is 2.34. The van der Waals surface area contributed by atoms with Crippen LogP contribution in [0.15, 0.2) is 24.3 Å². The summed E-state index contributed by atoms with van der Waals surface area (Å²) < 4.78 is 37.5. The van der Waals surface area contributed by atoms with E-state index in [9.17, 15) is 20.2 Å². The molecule has 0 saturated heterocycles. The maximum absolute atomic E-state index is 13.4. The van der Waals surface area contributed by atoms with Gasteiger partial charge in [0.2, 0.25) is 11.5 Å². The molecule has 0 radical (unpaired) electrons. The smallest absolute Gasteiger partial charge is 0.323 e. The van der Waals surface area contributed by atoms with Crippen LogP contribution >= 0.6 is 0 Å². The first-order valence-electron chi connectivity index (χ1n) is 19.9. The van der Waals surface area contributed by atoms with Crippen LogP contribution in [-0.2, 0) is 0 Å². The Bertz CT molecular complexity index is 1800. The van der Waals surface area contributed by atoms with E-state index in [-0.39, 0.29) is 70.4 Å². The second-order valence-electron chi connectivity index (χ2n) is 13.5. The van der Waals surface area contributed by atoms with Gasteiger partial charge in [0.05, 0.1) is 60.3 Å². The number of nitro benzene ring substituents is 2. The molecule has 0 bridgehead atoms. The molecule has 4 aromatic carbocycles. The van der Waals surface area contributed by atoms with Gasteiger partial charge in [-0.1, -0.05) is 80.1 Å². The summed E-state index contributed by atoms with van der Waals surface area (Å²) in [5.74, 6) is 1.28. The predicted molar refractivity (Wildman–Crippen MR) is 215 cm³/mol. The van der Waals surface area contributed by atoms with Crippen LogP contribution in [0.25, 0.3) is 32.3 Å². The van der Waals surface area contributed by atoms with E-state index in [2.05, 4.69) is 13.8 Å². The van der Waals surface area contributed by atoms with E-state index in [1.165, 1.54) is 0 Å². The number of fused-ring (bicyclic) bond motifs is 6. The Hall–Kier alpha value is -4.74. The van der Waals surface area contributed by atoms with Crippen LogP contribution in [0.5, 0.6) is 34.5 Å². The predicted octanol–water partition coefficient (Wildman–Crippen LogP) is 12.0. The average molecular weight is 751 g/mol. The second kappa shape index (κ2) is 21.2. The van der Waals surface area contributed by atoms with Crippen molar-refractivity contribution in [3.05, 3.63) is 44.5 Å². The Labute approximate surface area is 318 Å². The monoisotopic (exact) mass is 750 g/mol. The molecule has 54 heavy (non-hydrogen) atoms. The molecule has 0 fully saturated rings. The van der Waals surface area contributed by atoms with Crippen LogP contribution in [0.4, 0.5) is 11.4 Å². The van der Waals surface area contributed by atoms with Crippen molar-refractivity contribution in [1.82, 2.24) is 0 Å². The summed E-state index contributed by atoms with van der Waals surface area (Å²) in [5, 5.41) is 28.8. The summed E-state index contributed by atoms with van der Waals surface area (Å²) in [4.78, 5) is 25.8. The lowest BCUT2D eigenvalue weighted by atomic mass is 9.91. The van der Waals surface area contributed by atoms with Gasteiger partial charge in [-0.3, -0.25) is 20.2 Å². The zero-order valence-corrected chi connectivity index (χ0v) is 33.0. The van der Waals surface area contributed by atoms with Crippen molar-refractivity contribution in [1.29, 1.82) is 0 Å². The molecule has 0 spiro atoms. The fourth-order valence-corrected chi connectivity index (χ4v) is 6.21. The maximum Gasteiger partial charge on any atom is 0.323 e. The summed E-state index contributed by atoms with van der Waals surface area (Å²) in [6.07, 6.45) is 9.51. The van der Waals surface area contributed by atoms with E-state index >= 15 is 0 Å². The molecule has 0 unspecified atom stereocenters. The number of nitro groups is 2. The van der Waals surface area contributed by atoms with E-state index in [0.717, 1.165) is 57.8 Å². The quantitative estimate of drug-likeness (QED) is 0.0263. The fourth-order valence-electron chi connectivity index (χ4n) is 6.21. The standard InChI is InChI=1S/C42H58N2O10/c1-7-13-19-49-33-25-29-30(26-34(33)50-20-14-8-2)37-32(28-36(52-22-16-10-4)42(39(37)43(45)46)54-24-18-12-6)38-31(29)27-35(51-21-15-9-3)41(40(38)44(47)48)53-23-17-11-5/h25-28H,7-24H2,1-6H3. The van der Waals surface area contributed by atoms with Crippen LogP contribution in [0.3, 0.4) is 0 Å². The number of hydrogen-bond acceptors (Lipinski definition) is 10. The minimum Gasteiger partial charge on any atom is -0.490 e. The van der Waals surface area contributed by atoms with Gasteiger partial charge in [0, 0.05) is 16.2 Å². The largest absolute Gasteiger partial charge is 0.490 e. The van der Waals surface area contributed by atoms with Gasteiger partial charge in [0.25, 0.3) is 0 Å². The molecular formula is C42H58N2O10. The number of unbranched alkanes of at least 4 members (excludes halogenated alkanes) is 6. The number of hydrogen-bond donors (Lipinski definition) is 0. The molecule has 4 rings (SSSR count). The lowest BCUT2D eigenvalue weighted by Gasteiger charge is -2.21. The number of benzene rings is 4. The van der Waals surface area contributed by atoms with Gasteiger partial charge in [-0.15, -0.1) is 0 Å². The van der Waals surface area contributed by atoms with E-state index in [1.807, 2.05) is 27.7 Å². The van der Waals surface area contributed by atoms with Crippen molar-refractivity contribution >= 4 is 43.7 Å². The van der Waals surface area contributed by atoms with E-state index < -0.39 is 9.85 Å². The Morgan fingerprint density at radius 2 is 0.685 bits per heavy atom. The Morgan fingerprint density at radius 3 is 1.02 bits per heavy atom. The van der Waals surface area contributed by atoms with Gasteiger partial charge in [0.15, 0.2) is 23.0 Å². The van der Waals surface area contributed by atoms with Crippen LogP contribution in [-0.4, -0.2) is 49.5 Å². The molecule has 0 aliphatic heterocycles. The normalized spacial score (nSPS) is 11.3. The molecule has 0 atom stereocenters. The zero-order valence-electron chi connectivity index (χ0n) is 33.0. The number of ether oxygens (including phenoxy) is 6. The molecule has 0 amide bonds. The molecule has 0 aliphatic carbocycles. The van der Waals surface area contributed by atoms with Gasteiger partial charge >= 0.3 is 11.4 Å². The minimum atomic E-state index is -0.475. The van der Waals surface area contributed by atoms with E-state index in [0.29, 0.717) is 66.7 Å². The molecule has 12 nitrogen and oxygen atoms in total. The lowest BCUT2D eigenvalue weighted by molar-refractivity contribution is -0.384. The summed E-state index contributed by atoms with van der Waals surface area (Å²) in [5.41, 5.74) is -0.653. The van der Waals surface area contributed by atoms with Crippen LogP contribution in [0, 0.1) is 20.2 Å². The van der Waals surface area contributed by atoms with Crippen molar-refractivity contribution in [2.45, 2.75) is 119 Å². The Morgan fingerprint density at radius 1 is 0.407 bits per heavy atom. The third-order valence-electron chi connectivity index (χ3n) is 9.23. The molecule has 0 heterocycles. The summed E-state index contributed by atoms with van der Waals surface area (Å²) in [7, 11) is 0. The van der Waals surface area contributed by atoms with Crippen molar-refractivity contribution in [2.24, 2.45) is 0 Å². The second-order valence-corrected chi connectivity index (χ2v) is 13.5. The first-order valence-corrected chi connectivity index (χ1v) is 19.9. The fraction of sp³-hybridized carbons (Fsp3) is 0.571. The van der Waals surface area contributed by atoms with Crippen LogP contribution in [0.1, 0.15) is 119 Å². The summed E-state index contributed by atoms with van der Waals surface area (Å²) >= 11 is 0. The van der Waals surface area contributed by atoms with Crippen molar-refractivity contribution in [3.63, 3.8) is 0 Å². The highest BCUT2D eigenvalue weighted by molar-refractivity contribution is 6.31. The maximum atomic E-state index is 13.4. The van der Waals surface area contributed by atoms with Crippen molar-refractivity contribution in [3.8, 4) is 34.5 Å².